The van der Waals surface area contributed by atoms with Crippen LogP contribution < -0.4 is 11.1 Å². The number of nitrogens with two attached hydrogens (primary N) is 1. The number of nitrogens with zero attached hydrogens (tertiary/aromatic N) is 1. The van der Waals surface area contributed by atoms with Crippen molar-refractivity contribution in [1.29, 1.82) is 0 Å². The molecule has 6 heteroatoms. The molecule has 0 radical (unpaired) electrons. The van der Waals surface area contributed by atoms with Gasteiger partial charge in [0.05, 0.1) is 17.5 Å². The van der Waals surface area contributed by atoms with Gasteiger partial charge in [0, 0.05) is 18.2 Å². The predicted molar refractivity (Wildman–Crippen MR) is 84.8 cm³/mol. The van der Waals surface area contributed by atoms with Crippen LogP contribution >= 0.6 is 0 Å². The van der Waals surface area contributed by atoms with Gasteiger partial charge in [0.15, 0.2) is 0 Å². The fourth-order valence-electron chi connectivity index (χ4n) is 3.28. The van der Waals surface area contributed by atoms with Crippen LogP contribution in [-0.4, -0.2) is 35.3 Å². The van der Waals surface area contributed by atoms with Gasteiger partial charge in [0.25, 0.3) is 5.91 Å². The molecule has 2 aliphatic rings. The Morgan fingerprint density at radius 1 is 1.26 bits per heavy atom. The third-order valence-electron chi connectivity index (χ3n) is 4.52. The highest BCUT2D eigenvalue weighted by molar-refractivity contribution is 6.10. The molecule has 2 amide bonds. The number of carbonyl (C=O) groups excluding carboxylic acids is 2. The lowest BCUT2D eigenvalue weighted by Crippen LogP contribution is -2.53. The van der Waals surface area contributed by atoms with Crippen LogP contribution in [0.3, 0.4) is 0 Å². The number of carbonyl (C=O) groups is 2. The van der Waals surface area contributed by atoms with Crippen LogP contribution in [0.4, 0.5) is 5.69 Å². The van der Waals surface area contributed by atoms with Crippen LogP contribution in [0.1, 0.15) is 23.2 Å². The molecule has 0 bridgehead atoms. The lowest BCUT2D eigenvalue weighted by Gasteiger charge is -2.35. The van der Waals surface area contributed by atoms with Crippen LogP contribution in [-0.2, 0) is 4.79 Å². The number of rotatable bonds is 1. The van der Waals surface area contributed by atoms with Crippen LogP contribution in [0.25, 0.3) is 11.3 Å². The molecule has 1 fully saturated rings. The van der Waals surface area contributed by atoms with Gasteiger partial charge in [-0.1, -0.05) is 0 Å². The second-order valence-corrected chi connectivity index (χ2v) is 6.03. The Bertz CT molecular complexity index is 769. The summed E-state index contributed by atoms with van der Waals surface area (Å²) in [5.74, 6) is 0.384. The third-order valence-corrected chi connectivity index (χ3v) is 4.52. The van der Waals surface area contributed by atoms with Crippen LogP contribution in [0.5, 0.6) is 0 Å². The molecule has 4 rings (SSSR count). The minimum Gasteiger partial charge on any atom is -0.464 e. The monoisotopic (exact) mass is 311 g/mol. The first-order valence-corrected chi connectivity index (χ1v) is 7.69. The average molecular weight is 311 g/mol. The standard InChI is InChI=1S/C17H17N3O3/c18-11-5-6-20-14(9-11)16(21)19-13-4-3-10(8-12(13)17(20)22)15-2-1-7-23-15/h1-4,7-8,11,14H,5-6,9,18H2,(H,19,21). The molecular formula is C17H17N3O3. The van der Waals surface area contributed by atoms with E-state index in [9.17, 15) is 9.59 Å². The lowest BCUT2D eigenvalue weighted by molar-refractivity contribution is -0.121. The van der Waals surface area contributed by atoms with E-state index in [1.54, 1.807) is 29.4 Å². The van der Waals surface area contributed by atoms with Crippen LogP contribution in [0.2, 0.25) is 0 Å². The van der Waals surface area contributed by atoms with E-state index >= 15 is 0 Å². The molecule has 0 saturated carbocycles. The van der Waals surface area contributed by atoms with Crippen LogP contribution in [0.15, 0.2) is 41.0 Å². The molecular weight excluding hydrogens is 294 g/mol. The summed E-state index contributed by atoms with van der Waals surface area (Å²) in [5, 5.41) is 2.86. The zero-order valence-corrected chi connectivity index (χ0v) is 12.5. The molecule has 3 heterocycles. The van der Waals surface area contributed by atoms with Crippen LogP contribution in [0, 0.1) is 0 Å². The molecule has 2 aromatic rings. The van der Waals surface area contributed by atoms with E-state index in [0.717, 1.165) is 5.56 Å². The largest absolute Gasteiger partial charge is 0.464 e. The van der Waals surface area contributed by atoms with Crippen molar-refractivity contribution in [1.82, 2.24) is 4.90 Å². The Morgan fingerprint density at radius 3 is 2.91 bits per heavy atom. The quantitative estimate of drug-likeness (QED) is 0.841. The first kappa shape index (κ1) is 14.0. The van der Waals surface area contributed by atoms with E-state index in [1.807, 2.05) is 12.1 Å². The SMILES string of the molecule is NC1CCN2C(=O)c3cc(-c4ccco4)ccc3NC(=O)C2C1. The minimum absolute atomic E-state index is 0.0466. The van der Waals surface area contributed by atoms with Gasteiger partial charge in [0.2, 0.25) is 5.91 Å². The van der Waals surface area contributed by atoms with Gasteiger partial charge in [-0.15, -0.1) is 0 Å². The number of nitrogens with one attached hydrogen (secondary N) is 1. The van der Waals surface area contributed by atoms with E-state index < -0.39 is 6.04 Å². The highest BCUT2D eigenvalue weighted by Gasteiger charge is 2.39. The topological polar surface area (TPSA) is 88.6 Å². The molecule has 0 spiro atoms. The molecule has 0 aliphatic carbocycles. The van der Waals surface area contributed by atoms with Crippen molar-refractivity contribution in [2.24, 2.45) is 5.73 Å². The summed E-state index contributed by atoms with van der Waals surface area (Å²) in [6, 6.07) is 8.45. The van der Waals surface area contributed by atoms with Crippen molar-refractivity contribution in [2.45, 2.75) is 24.9 Å². The molecule has 1 aromatic carbocycles. The van der Waals surface area contributed by atoms with Crippen molar-refractivity contribution in [2.75, 3.05) is 11.9 Å². The number of piperidine rings is 1. The molecule has 3 N–H and O–H groups in total. The Kier molecular flexibility index (Phi) is 3.20. The molecule has 6 nitrogen and oxygen atoms in total. The van der Waals surface area contributed by atoms with Gasteiger partial charge in [-0.05, 0) is 43.2 Å². The van der Waals surface area contributed by atoms with Crippen molar-refractivity contribution < 1.29 is 14.0 Å². The Hall–Kier alpha value is -2.60. The Balaban J connectivity index is 1.77. The Labute approximate surface area is 133 Å². The van der Waals surface area contributed by atoms with E-state index in [1.165, 1.54) is 0 Å². The fourth-order valence-corrected chi connectivity index (χ4v) is 3.28. The minimum atomic E-state index is -0.495. The number of hydrogen-bond donors (Lipinski definition) is 2. The van der Waals surface area contributed by atoms with E-state index in [0.29, 0.717) is 36.4 Å². The molecule has 2 atom stereocenters. The number of furan rings is 1. The van der Waals surface area contributed by atoms with Gasteiger partial charge in [-0.25, -0.2) is 0 Å². The van der Waals surface area contributed by atoms with Gasteiger partial charge < -0.3 is 20.4 Å². The third kappa shape index (κ3) is 2.31. The summed E-state index contributed by atoms with van der Waals surface area (Å²) in [6.07, 6.45) is 2.80. The number of fused-ring (bicyclic) bond motifs is 2. The van der Waals surface area contributed by atoms with Crippen molar-refractivity contribution in [3.05, 3.63) is 42.2 Å². The molecule has 1 aromatic heterocycles. The first-order valence-electron chi connectivity index (χ1n) is 7.69. The maximum atomic E-state index is 12.9. The number of anilines is 1. The van der Waals surface area contributed by atoms with Gasteiger partial charge in [0.1, 0.15) is 11.8 Å². The second-order valence-electron chi connectivity index (χ2n) is 6.03. The zero-order valence-electron chi connectivity index (χ0n) is 12.5. The molecule has 118 valence electrons. The zero-order chi connectivity index (χ0) is 16.0. The van der Waals surface area contributed by atoms with Gasteiger partial charge in [-0.2, -0.15) is 0 Å². The van der Waals surface area contributed by atoms with Crippen molar-refractivity contribution in [3.63, 3.8) is 0 Å². The van der Waals surface area contributed by atoms with E-state index in [4.69, 9.17) is 10.2 Å². The number of benzene rings is 1. The summed E-state index contributed by atoms with van der Waals surface area (Å²) >= 11 is 0. The number of hydrogen-bond acceptors (Lipinski definition) is 4. The maximum Gasteiger partial charge on any atom is 0.256 e. The van der Waals surface area contributed by atoms with Crippen molar-refractivity contribution in [3.8, 4) is 11.3 Å². The predicted octanol–water partition coefficient (Wildman–Crippen LogP) is 1.83. The molecule has 23 heavy (non-hydrogen) atoms. The van der Waals surface area contributed by atoms with Gasteiger partial charge in [-0.3, -0.25) is 9.59 Å². The summed E-state index contributed by atoms with van der Waals surface area (Å²) in [6.45, 7) is 0.502. The van der Waals surface area contributed by atoms with E-state index in [-0.39, 0.29) is 17.9 Å². The molecule has 2 unspecified atom stereocenters. The highest BCUT2D eigenvalue weighted by Crippen LogP contribution is 2.31. The average Bonchev–Trinajstić information content (AvgIpc) is 3.06. The summed E-state index contributed by atoms with van der Waals surface area (Å²) in [4.78, 5) is 27.0. The maximum absolute atomic E-state index is 12.9. The number of amides is 2. The Morgan fingerprint density at radius 2 is 2.13 bits per heavy atom. The molecule has 2 aliphatic heterocycles. The second kappa shape index (κ2) is 5.24. The van der Waals surface area contributed by atoms with Crippen molar-refractivity contribution >= 4 is 17.5 Å². The summed E-state index contributed by atoms with van der Waals surface area (Å²) < 4.78 is 5.39. The summed E-state index contributed by atoms with van der Waals surface area (Å²) in [7, 11) is 0. The normalized spacial score (nSPS) is 23.8. The fraction of sp³-hybridized carbons (Fsp3) is 0.294. The summed E-state index contributed by atoms with van der Waals surface area (Å²) in [5.41, 5.74) is 7.80. The smallest absolute Gasteiger partial charge is 0.256 e. The highest BCUT2D eigenvalue weighted by atomic mass is 16.3. The van der Waals surface area contributed by atoms with Gasteiger partial charge >= 0.3 is 0 Å². The first-order chi connectivity index (χ1) is 11.1. The lowest BCUT2D eigenvalue weighted by atomic mass is 9.97. The van der Waals surface area contributed by atoms with E-state index in [2.05, 4.69) is 5.32 Å². The molecule has 1 saturated heterocycles.